The smallest absolute Gasteiger partial charge is 0.416 e. The zero-order valence-electron chi connectivity index (χ0n) is 15.6. The number of ether oxygens (including phenoxy) is 1. The number of carbonyl (C=O) groups is 1. The summed E-state index contributed by atoms with van der Waals surface area (Å²) in [6.45, 7) is 0. The molecule has 154 valence electrons. The summed E-state index contributed by atoms with van der Waals surface area (Å²) >= 11 is 5.12. The highest BCUT2D eigenvalue weighted by Gasteiger charge is 2.30. The Morgan fingerprint density at radius 3 is 2.57 bits per heavy atom. The van der Waals surface area contributed by atoms with Crippen LogP contribution in [0.15, 0.2) is 84.7 Å². The quantitative estimate of drug-likeness (QED) is 0.619. The van der Waals surface area contributed by atoms with E-state index in [4.69, 9.17) is 17.0 Å². The fourth-order valence-electron chi connectivity index (χ4n) is 2.55. The molecule has 0 bridgehead atoms. The molecule has 0 heterocycles. The lowest BCUT2D eigenvalue weighted by Gasteiger charge is -2.12. The average molecular weight is 430 g/mol. The number of hydrogen-bond acceptors (Lipinski definition) is 3. The molecule has 4 nitrogen and oxygen atoms in total. The number of nitrogens with one attached hydrogen (secondary N) is 2. The molecule has 1 aliphatic rings. The van der Waals surface area contributed by atoms with Crippen molar-refractivity contribution >= 4 is 28.9 Å². The van der Waals surface area contributed by atoms with Gasteiger partial charge in [0.25, 0.3) is 5.91 Å². The summed E-state index contributed by atoms with van der Waals surface area (Å²) < 4.78 is 43.7. The van der Waals surface area contributed by atoms with Gasteiger partial charge >= 0.3 is 6.18 Å². The Balaban J connectivity index is 1.60. The van der Waals surface area contributed by atoms with Crippen LogP contribution in [-0.2, 0) is 6.18 Å². The van der Waals surface area contributed by atoms with Gasteiger partial charge in [-0.2, -0.15) is 13.2 Å². The fourth-order valence-corrected chi connectivity index (χ4v) is 2.76. The minimum absolute atomic E-state index is 0.00793. The minimum atomic E-state index is -4.46. The summed E-state index contributed by atoms with van der Waals surface area (Å²) in [5, 5.41) is 5.30. The number of alkyl halides is 3. The topological polar surface area (TPSA) is 50.4 Å². The van der Waals surface area contributed by atoms with Crippen molar-refractivity contribution in [2.75, 3.05) is 5.32 Å². The van der Waals surface area contributed by atoms with Crippen LogP contribution < -0.4 is 15.4 Å². The van der Waals surface area contributed by atoms with E-state index in [0.29, 0.717) is 17.2 Å². The number of anilines is 1. The Hall–Kier alpha value is -3.39. The lowest BCUT2D eigenvalue weighted by Crippen LogP contribution is -2.34. The highest BCUT2D eigenvalue weighted by atomic mass is 32.1. The second-order valence-electron chi connectivity index (χ2n) is 6.25. The van der Waals surface area contributed by atoms with E-state index in [1.54, 1.807) is 24.3 Å². The first kappa shape index (κ1) is 21.3. The maximum Gasteiger partial charge on any atom is 0.416 e. The first-order chi connectivity index (χ1) is 14.3. The zero-order valence-corrected chi connectivity index (χ0v) is 16.4. The molecule has 0 saturated carbocycles. The van der Waals surface area contributed by atoms with Crippen LogP contribution in [0.2, 0.25) is 0 Å². The van der Waals surface area contributed by atoms with E-state index in [1.807, 2.05) is 30.4 Å². The van der Waals surface area contributed by atoms with Gasteiger partial charge in [-0.05, 0) is 67.2 Å². The molecule has 0 unspecified atom stereocenters. The second kappa shape index (κ2) is 9.41. The van der Waals surface area contributed by atoms with Crippen LogP contribution >= 0.6 is 12.2 Å². The number of hydrogen-bond donors (Lipinski definition) is 2. The molecule has 0 atom stereocenters. The zero-order chi connectivity index (χ0) is 21.6. The lowest BCUT2D eigenvalue weighted by atomic mass is 10.1. The highest BCUT2D eigenvalue weighted by molar-refractivity contribution is 7.80. The van der Waals surface area contributed by atoms with E-state index in [2.05, 4.69) is 10.6 Å². The van der Waals surface area contributed by atoms with Crippen molar-refractivity contribution in [3.63, 3.8) is 0 Å². The number of allylic oxidation sites excluding steroid dienone is 5. The Morgan fingerprint density at radius 1 is 1.07 bits per heavy atom. The number of benzene rings is 2. The molecule has 2 aromatic carbocycles. The number of amides is 1. The third-order valence-electron chi connectivity index (χ3n) is 3.98. The van der Waals surface area contributed by atoms with Gasteiger partial charge in [0.05, 0.1) is 5.56 Å². The van der Waals surface area contributed by atoms with Crippen LogP contribution in [0.5, 0.6) is 5.75 Å². The predicted octanol–water partition coefficient (Wildman–Crippen LogP) is 5.61. The maximum absolute atomic E-state index is 12.6. The van der Waals surface area contributed by atoms with Crippen LogP contribution in [0.4, 0.5) is 18.9 Å². The number of halogens is 3. The van der Waals surface area contributed by atoms with E-state index >= 15 is 0 Å². The Morgan fingerprint density at radius 2 is 1.83 bits per heavy atom. The molecule has 2 aromatic rings. The van der Waals surface area contributed by atoms with Crippen LogP contribution in [0.1, 0.15) is 22.3 Å². The first-order valence-electron chi connectivity index (χ1n) is 8.92. The largest absolute Gasteiger partial charge is 0.457 e. The van der Waals surface area contributed by atoms with Crippen molar-refractivity contribution in [3.8, 4) is 5.75 Å². The van der Waals surface area contributed by atoms with Gasteiger partial charge in [0.1, 0.15) is 11.5 Å². The average Bonchev–Trinajstić information content (AvgIpc) is 2.96. The molecular formula is C22H17F3N2O2S. The summed E-state index contributed by atoms with van der Waals surface area (Å²) in [6.07, 6.45) is 5.97. The molecule has 1 aliphatic carbocycles. The van der Waals surface area contributed by atoms with Crippen molar-refractivity contribution in [2.24, 2.45) is 0 Å². The second-order valence-corrected chi connectivity index (χ2v) is 6.66. The molecule has 0 spiro atoms. The van der Waals surface area contributed by atoms with Gasteiger partial charge in [0.2, 0.25) is 0 Å². The van der Waals surface area contributed by atoms with E-state index in [1.165, 1.54) is 0 Å². The molecule has 8 heteroatoms. The molecule has 30 heavy (non-hydrogen) atoms. The standard InChI is InChI=1S/C22H17F3N2O2S/c23-22(24,25)16-12-10-15(11-13-16)20(28)27-21(30)26-17-6-5-9-19(14-17)29-18-7-3-1-2-4-8-18/h1,3-14H,2H2,(H2,26,27,28,30). The van der Waals surface area contributed by atoms with Gasteiger partial charge in [0.15, 0.2) is 5.11 Å². The van der Waals surface area contributed by atoms with Crippen molar-refractivity contribution in [1.29, 1.82) is 0 Å². The summed E-state index contributed by atoms with van der Waals surface area (Å²) in [4.78, 5) is 12.2. The molecule has 0 aromatic heterocycles. The van der Waals surface area contributed by atoms with Crippen LogP contribution in [0.3, 0.4) is 0 Å². The Kier molecular flexibility index (Phi) is 6.68. The van der Waals surface area contributed by atoms with Gasteiger partial charge in [0, 0.05) is 17.3 Å². The van der Waals surface area contributed by atoms with Crippen LogP contribution in [-0.4, -0.2) is 11.0 Å². The van der Waals surface area contributed by atoms with E-state index < -0.39 is 17.6 Å². The van der Waals surface area contributed by atoms with Gasteiger partial charge in [-0.15, -0.1) is 0 Å². The molecule has 0 radical (unpaired) electrons. The van der Waals surface area contributed by atoms with E-state index in [9.17, 15) is 18.0 Å². The third kappa shape index (κ3) is 6.05. The summed E-state index contributed by atoms with van der Waals surface area (Å²) in [5.74, 6) is 0.635. The summed E-state index contributed by atoms with van der Waals surface area (Å²) in [6, 6.07) is 10.9. The minimum Gasteiger partial charge on any atom is -0.457 e. The maximum atomic E-state index is 12.6. The SMILES string of the molecule is O=C(NC(=S)Nc1cccc(OC2=CC=CCC=C2)c1)c1ccc(C(F)(F)F)cc1. The van der Waals surface area contributed by atoms with Gasteiger partial charge < -0.3 is 10.1 Å². The first-order valence-corrected chi connectivity index (χ1v) is 9.33. The molecule has 2 N–H and O–H groups in total. The van der Waals surface area contributed by atoms with Gasteiger partial charge in [-0.3, -0.25) is 10.1 Å². The third-order valence-corrected chi connectivity index (χ3v) is 4.18. The number of carbonyl (C=O) groups excluding carboxylic acids is 1. The number of thiocarbonyl (C=S) groups is 1. The van der Waals surface area contributed by atoms with Gasteiger partial charge in [-0.25, -0.2) is 0 Å². The molecular weight excluding hydrogens is 413 g/mol. The highest BCUT2D eigenvalue weighted by Crippen LogP contribution is 2.29. The molecule has 0 saturated heterocycles. The Labute approximate surface area is 176 Å². The van der Waals surface area contributed by atoms with E-state index in [-0.39, 0.29) is 10.7 Å². The lowest BCUT2D eigenvalue weighted by molar-refractivity contribution is -0.137. The molecule has 1 amide bonds. The van der Waals surface area contributed by atoms with Gasteiger partial charge in [-0.1, -0.05) is 24.3 Å². The van der Waals surface area contributed by atoms with Crippen molar-refractivity contribution < 1.29 is 22.7 Å². The fraction of sp³-hybridized carbons (Fsp3) is 0.0909. The molecule has 3 rings (SSSR count). The van der Waals surface area contributed by atoms with Crippen molar-refractivity contribution in [3.05, 3.63) is 95.8 Å². The normalized spacial score (nSPS) is 13.2. The molecule has 0 fully saturated rings. The predicted molar refractivity (Wildman–Crippen MR) is 113 cm³/mol. The van der Waals surface area contributed by atoms with Crippen molar-refractivity contribution in [2.45, 2.75) is 12.6 Å². The van der Waals surface area contributed by atoms with Crippen LogP contribution in [0, 0.1) is 0 Å². The summed E-state index contributed by atoms with van der Waals surface area (Å²) in [5.41, 5.74) is -0.186. The monoisotopic (exact) mass is 430 g/mol. The number of rotatable bonds is 4. The van der Waals surface area contributed by atoms with Crippen LogP contribution in [0.25, 0.3) is 0 Å². The Bertz CT molecular complexity index is 1030. The van der Waals surface area contributed by atoms with Crippen molar-refractivity contribution in [1.82, 2.24) is 5.32 Å². The van der Waals surface area contributed by atoms with E-state index in [0.717, 1.165) is 30.7 Å². The summed E-state index contributed by atoms with van der Waals surface area (Å²) in [7, 11) is 0. The molecule has 0 aliphatic heterocycles.